The molecule has 2 N–H and O–H groups in total. The summed E-state index contributed by atoms with van der Waals surface area (Å²) >= 11 is 0. The molecule has 2 aromatic carbocycles. The summed E-state index contributed by atoms with van der Waals surface area (Å²) in [6.45, 7) is 7.53. The third-order valence-electron chi connectivity index (χ3n) is 5.60. The van der Waals surface area contributed by atoms with Crippen LogP contribution in [0.25, 0.3) is 0 Å². The molecule has 2 aliphatic heterocycles. The van der Waals surface area contributed by atoms with Crippen molar-refractivity contribution in [2.45, 2.75) is 6.92 Å². The first-order valence-electron chi connectivity index (χ1n) is 10.0. The van der Waals surface area contributed by atoms with Crippen molar-refractivity contribution in [1.29, 1.82) is 0 Å². The number of hydrogen-bond donors (Lipinski definition) is 2. The van der Waals surface area contributed by atoms with E-state index in [-0.39, 0.29) is 11.9 Å². The Morgan fingerprint density at radius 1 is 1.00 bits per heavy atom. The Morgan fingerprint density at radius 2 is 1.72 bits per heavy atom. The van der Waals surface area contributed by atoms with Gasteiger partial charge in [-0.2, -0.15) is 0 Å². The predicted octanol–water partition coefficient (Wildman–Crippen LogP) is 2.53. The van der Waals surface area contributed by atoms with E-state index < -0.39 is 0 Å². The molecule has 0 aliphatic carbocycles. The number of rotatable bonds is 4. The molecule has 2 saturated heterocycles. The van der Waals surface area contributed by atoms with E-state index >= 15 is 0 Å². The first-order valence-corrected chi connectivity index (χ1v) is 10.0. The van der Waals surface area contributed by atoms with Crippen LogP contribution < -0.4 is 20.4 Å². The molecular weight excluding hydrogens is 366 g/mol. The zero-order valence-corrected chi connectivity index (χ0v) is 16.9. The summed E-state index contributed by atoms with van der Waals surface area (Å²) in [6.07, 6.45) is 0. The minimum Gasteiger partial charge on any atom is -0.369 e. The van der Waals surface area contributed by atoms with Crippen molar-refractivity contribution in [3.8, 4) is 0 Å². The van der Waals surface area contributed by atoms with Crippen molar-refractivity contribution in [2.75, 3.05) is 61.4 Å². The number of hydrogen-bond acceptors (Lipinski definition) is 4. The Balaban J connectivity index is 1.41. The molecule has 2 fully saturated rings. The molecule has 2 aromatic rings. The number of nitrogens with one attached hydrogen (secondary N) is 2. The van der Waals surface area contributed by atoms with Crippen LogP contribution in [0, 0.1) is 6.92 Å². The highest BCUT2D eigenvalue weighted by Gasteiger charge is 2.21. The number of anilines is 3. The van der Waals surface area contributed by atoms with Crippen molar-refractivity contribution < 1.29 is 9.59 Å². The van der Waals surface area contributed by atoms with Crippen molar-refractivity contribution in [3.63, 3.8) is 0 Å². The molecule has 7 nitrogen and oxygen atoms in total. The average Bonchev–Trinajstić information content (AvgIpc) is 3.15. The molecule has 0 unspecified atom stereocenters. The second-order valence-electron chi connectivity index (χ2n) is 7.68. The van der Waals surface area contributed by atoms with Crippen LogP contribution >= 0.6 is 0 Å². The molecule has 2 aliphatic rings. The number of amides is 3. The highest BCUT2D eigenvalue weighted by Crippen LogP contribution is 2.25. The second kappa shape index (κ2) is 8.13. The number of likely N-dealkylation sites (N-methyl/N-ethyl adjacent to an activating group) is 1. The van der Waals surface area contributed by atoms with Gasteiger partial charge in [-0.1, -0.05) is 0 Å². The summed E-state index contributed by atoms with van der Waals surface area (Å²) in [6, 6.07) is 13.1. The minimum absolute atomic E-state index is 0.0990. The molecule has 2 heterocycles. The number of piperazine rings is 1. The van der Waals surface area contributed by atoms with Crippen molar-refractivity contribution in [1.82, 2.24) is 10.2 Å². The average molecular weight is 393 g/mol. The number of nitrogens with zero attached hydrogens (tertiary/aromatic N) is 3. The zero-order chi connectivity index (χ0) is 20.4. The molecule has 152 valence electrons. The molecule has 0 saturated carbocycles. The summed E-state index contributed by atoms with van der Waals surface area (Å²) in [5.74, 6) is -0.158. The van der Waals surface area contributed by atoms with E-state index in [1.807, 2.05) is 24.3 Å². The monoisotopic (exact) mass is 393 g/mol. The number of urea groups is 1. The second-order valence-corrected chi connectivity index (χ2v) is 7.68. The standard InChI is InChI=1S/C22H27N5O2/c1-16-15-18(5-8-20(16)26-13-11-25(2)12-14-26)24-21(28)17-3-6-19(7-4-17)27-10-9-23-22(27)29/h3-8,15H,9-14H2,1-2H3,(H,23,29)(H,24,28). The Hall–Kier alpha value is -3.06. The maximum Gasteiger partial charge on any atom is 0.321 e. The molecule has 7 heteroatoms. The van der Waals surface area contributed by atoms with Gasteiger partial charge in [-0.3, -0.25) is 9.69 Å². The van der Waals surface area contributed by atoms with Crippen LogP contribution in [0.4, 0.5) is 21.9 Å². The van der Waals surface area contributed by atoms with Gasteiger partial charge in [0, 0.05) is 61.9 Å². The molecule has 4 rings (SSSR count). The van der Waals surface area contributed by atoms with E-state index in [1.165, 1.54) is 5.69 Å². The molecule has 0 bridgehead atoms. The van der Waals surface area contributed by atoms with Gasteiger partial charge in [0.2, 0.25) is 0 Å². The van der Waals surface area contributed by atoms with E-state index in [0.29, 0.717) is 18.7 Å². The number of benzene rings is 2. The van der Waals surface area contributed by atoms with Crippen LogP contribution in [-0.4, -0.2) is 63.2 Å². The molecular formula is C22H27N5O2. The Labute approximate surface area is 171 Å². The van der Waals surface area contributed by atoms with Gasteiger partial charge in [-0.25, -0.2) is 4.79 Å². The van der Waals surface area contributed by atoms with E-state index in [0.717, 1.165) is 43.1 Å². The van der Waals surface area contributed by atoms with Crippen molar-refractivity contribution in [2.24, 2.45) is 0 Å². The molecule has 29 heavy (non-hydrogen) atoms. The van der Waals surface area contributed by atoms with Crippen LogP contribution in [0.1, 0.15) is 15.9 Å². The fraction of sp³-hybridized carbons (Fsp3) is 0.364. The minimum atomic E-state index is -0.158. The number of aryl methyl sites for hydroxylation is 1. The Bertz CT molecular complexity index is 904. The third kappa shape index (κ3) is 4.19. The fourth-order valence-corrected chi connectivity index (χ4v) is 3.85. The van der Waals surface area contributed by atoms with Crippen LogP contribution in [0.3, 0.4) is 0 Å². The molecule has 0 aromatic heterocycles. The van der Waals surface area contributed by atoms with Gasteiger partial charge in [0.1, 0.15) is 0 Å². The van der Waals surface area contributed by atoms with Gasteiger partial charge in [-0.05, 0) is 62.0 Å². The lowest BCUT2D eigenvalue weighted by atomic mass is 10.1. The summed E-state index contributed by atoms with van der Waals surface area (Å²) < 4.78 is 0. The van der Waals surface area contributed by atoms with Crippen LogP contribution in [0.2, 0.25) is 0 Å². The maximum atomic E-state index is 12.6. The Kier molecular flexibility index (Phi) is 5.40. The lowest BCUT2D eigenvalue weighted by Gasteiger charge is -2.35. The normalized spacial score (nSPS) is 17.4. The summed E-state index contributed by atoms with van der Waals surface area (Å²) in [5, 5.41) is 5.75. The maximum absolute atomic E-state index is 12.6. The highest BCUT2D eigenvalue weighted by atomic mass is 16.2. The van der Waals surface area contributed by atoms with Gasteiger partial charge < -0.3 is 20.4 Å². The topological polar surface area (TPSA) is 67.9 Å². The SMILES string of the molecule is Cc1cc(NC(=O)c2ccc(N3CCNC3=O)cc2)ccc1N1CCN(C)CC1. The van der Waals surface area contributed by atoms with Gasteiger partial charge in [-0.15, -0.1) is 0 Å². The highest BCUT2D eigenvalue weighted by molar-refractivity contribution is 6.05. The molecule has 0 atom stereocenters. The smallest absolute Gasteiger partial charge is 0.321 e. The van der Waals surface area contributed by atoms with Crippen molar-refractivity contribution in [3.05, 3.63) is 53.6 Å². The van der Waals surface area contributed by atoms with Crippen LogP contribution in [0.15, 0.2) is 42.5 Å². The number of carbonyl (C=O) groups excluding carboxylic acids is 2. The summed E-state index contributed by atoms with van der Waals surface area (Å²) in [4.78, 5) is 30.8. The van der Waals surface area contributed by atoms with Crippen LogP contribution in [-0.2, 0) is 0 Å². The summed E-state index contributed by atoms with van der Waals surface area (Å²) in [7, 11) is 2.15. The number of carbonyl (C=O) groups is 2. The lowest BCUT2D eigenvalue weighted by Crippen LogP contribution is -2.44. The summed E-state index contributed by atoms with van der Waals surface area (Å²) in [5.41, 5.74) is 4.53. The largest absolute Gasteiger partial charge is 0.369 e. The van der Waals surface area contributed by atoms with E-state index in [2.05, 4.69) is 40.5 Å². The van der Waals surface area contributed by atoms with E-state index in [4.69, 9.17) is 0 Å². The predicted molar refractivity (Wildman–Crippen MR) is 116 cm³/mol. The van der Waals surface area contributed by atoms with E-state index in [1.54, 1.807) is 17.0 Å². The van der Waals surface area contributed by atoms with Crippen molar-refractivity contribution >= 4 is 29.0 Å². The molecule has 3 amide bonds. The van der Waals surface area contributed by atoms with E-state index in [9.17, 15) is 9.59 Å². The van der Waals surface area contributed by atoms with Crippen LogP contribution in [0.5, 0.6) is 0 Å². The lowest BCUT2D eigenvalue weighted by molar-refractivity contribution is 0.102. The first kappa shape index (κ1) is 19.3. The fourth-order valence-electron chi connectivity index (χ4n) is 3.85. The third-order valence-corrected chi connectivity index (χ3v) is 5.60. The van der Waals surface area contributed by atoms with Gasteiger partial charge >= 0.3 is 6.03 Å². The van der Waals surface area contributed by atoms with Gasteiger partial charge in [0.25, 0.3) is 5.91 Å². The quantitative estimate of drug-likeness (QED) is 0.838. The molecule has 0 spiro atoms. The van der Waals surface area contributed by atoms with Gasteiger partial charge in [0.05, 0.1) is 0 Å². The zero-order valence-electron chi connectivity index (χ0n) is 16.9. The molecule has 0 radical (unpaired) electrons. The Morgan fingerprint density at radius 3 is 2.34 bits per heavy atom. The first-order chi connectivity index (χ1) is 14.0. The van der Waals surface area contributed by atoms with Gasteiger partial charge in [0.15, 0.2) is 0 Å².